The van der Waals surface area contributed by atoms with Gasteiger partial charge in [0, 0.05) is 20.2 Å². The fourth-order valence-corrected chi connectivity index (χ4v) is 3.05. The molecule has 2 aromatic carbocycles. The second-order valence-electron chi connectivity index (χ2n) is 4.18. The average Bonchev–Trinajstić information content (AvgIpc) is 2.76. The molecule has 20 heavy (non-hydrogen) atoms. The highest BCUT2D eigenvalue weighted by Crippen LogP contribution is 2.36. The molecule has 3 rings (SSSR count). The monoisotopic (exact) mass is 294 g/mol. The second-order valence-corrected chi connectivity index (χ2v) is 5.26. The van der Waals surface area contributed by atoms with Crippen molar-refractivity contribution in [3.05, 3.63) is 42.5 Å². The molecule has 0 aliphatic rings. The van der Waals surface area contributed by atoms with Gasteiger partial charge in [0.2, 0.25) is 0 Å². The van der Waals surface area contributed by atoms with Gasteiger partial charge in [-0.3, -0.25) is 0 Å². The highest BCUT2D eigenvalue weighted by atomic mass is 32.1. The summed E-state index contributed by atoms with van der Waals surface area (Å²) >= 11 is 1.54. The van der Waals surface area contributed by atoms with Crippen LogP contribution in [-0.4, -0.2) is 17.2 Å². The van der Waals surface area contributed by atoms with Gasteiger partial charge in [0.1, 0.15) is 5.75 Å². The van der Waals surface area contributed by atoms with E-state index in [1.807, 2.05) is 24.3 Å². The third-order valence-corrected chi connectivity index (χ3v) is 4.00. The first kappa shape index (κ1) is 12.8. The van der Waals surface area contributed by atoms with E-state index < -0.39 is 12.1 Å². The molecule has 0 atom stereocenters. The van der Waals surface area contributed by atoms with E-state index >= 15 is 0 Å². The number of carbonyl (C=O) groups is 1. The van der Waals surface area contributed by atoms with Crippen LogP contribution in [0.5, 0.6) is 5.75 Å². The molecule has 0 spiro atoms. The minimum atomic E-state index is -4.24. The van der Waals surface area contributed by atoms with Gasteiger partial charge in [0.15, 0.2) is 0 Å². The fourth-order valence-electron chi connectivity index (χ4n) is 1.96. The van der Waals surface area contributed by atoms with E-state index in [9.17, 15) is 13.6 Å². The number of aliphatic carboxylic acids is 1. The van der Waals surface area contributed by atoms with E-state index in [-0.39, 0.29) is 5.75 Å². The number of ether oxygens (including phenoxy) is 1. The number of carboxylic acids is 1. The molecule has 0 aliphatic heterocycles. The molecular formula is C14H8F2O3S. The number of alkyl halides is 2. The lowest BCUT2D eigenvalue weighted by Crippen LogP contribution is -2.34. The maximum absolute atomic E-state index is 13.1. The largest absolute Gasteiger partial charge is 0.501 e. The van der Waals surface area contributed by atoms with Gasteiger partial charge in [-0.1, -0.05) is 18.2 Å². The summed E-state index contributed by atoms with van der Waals surface area (Å²) in [7, 11) is 0. The van der Waals surface area contributed by atoms with Crippen molar-refractivity contribution in [2.24, 2.45) is 0 Å². The van der Waals surface area contributed by atoms with Crippen LogP contribution in [0.15, 0.2) is 42.5 Å². The zero-order valence-corrected chi connectivity index (χ0v) is 10.8. The Morgan fingerprint density at radius 3 is 2.55 bits per heavy atom. The first-order valence-electron chi connectivity index (χ1n) is 5.69. The van der Waals surface area contributed by atoms with Crippen LogP contribution < -0.4 is 4.74 Å². The Labute approximate surface area is 116 Å². The molecule has 0 saturated heterocycles. The van der Waals surface area contributed by atoms with Crippen LogP contribution in [0.1, 0.15) is 0 Å². The Balaban J connectivity index is 2.10. The summed E-state index contributed by atoms with van der Waals surface area (Å²) in [6, 6.07) is 12.0. The quantitative estimate of drug-likeness (QED) is 0.790. The van der Waals surface area contributed by atoms with Crippen LogP contribution in [0.2, 0.25) is 0 Å². The van der Waals surface area contributed by atoms with Crippen LogP contribution in [0, 0.1) is 0 Å². The Hall–Kier alpha value is -2.21. The fraction of sp³-hybridized carbons (Fsp3) is 0.0714. The molecule has 1 N–H and O–H groups in total. The smallest absolute Gasteiger partial charge is 0.474 e. The van der Waals surface area contributed by atoms with Gasteiger partial charge in [-0.15, -0.1) is 11.3 Å². The molecule has 3 aromatic rings. The molecular weight excluding hydrogens is 286 g/mol. The Kier molecular flexibility index (Phi) is 2.83. The van der Waals surface area contributed by atoms with E-state index in [0.29, 0.717) is 0 Å². The van der Waals surface area contributed by atoms with Gasteiger partial charge < -0.3 is 9.84 Å². The van der Waals surface area contributed by atoms with Crippen molar-refractivity contribution in [1.82, 2.24) is 0 Å². The van der Waals surface area contributed by atoms with E-state index in [1.54, 1.807) is 6.07 Å². The molecule has 0 saturated carbocycles. The number of thiophene rings is 1. The van der Waals surface area contributed by atoms with Gasteiger partial charge in [-0.25, -0.2) is 4.79 Å². The molecule has 0 aliphatic carbocycles. The maximum atomic E-state index is 13.1. The zero-order valence-electron chi connectivity index (χ0n) is 9.97. The summed E-state index contributed by atoms with van der Waals surface area (Å²) in [5.74, 6) is -2.48. The highest BCUT2D eigenvalue weighted by molar-refractivity contribution is 7.25. The lowest BCUT2D eigenvalue weighted by molar-refractivity contribution is -0.210. The summed E-state index contributed by atoms with van der Waals surface area (Å²) in [5.41, 5.74) is 0. The molecule has 1 aromatic heterocycles. The molecule has 3 nitrogen and oxygen atoms in total. The minimum absolute atomic E-state index is 0.173. The van der Waals surface area contributed by atoms with Gasteiger partial charge >= 0.3 is 12.1 Å². The van der Waals surface area contributed by atoms with E-state index in [2.05, 4.69) is 4.74 Å². The van der Waals surface area contributed by atoms with Crippen molar-refractivity contribution in [3.8, 4) is 5.75 Å². The molecule has 0 unspecified atom stereocenters. The van der Waals surface area contributed by atoms with Crippen LogP contribution >= 0.6 is 11.3 Å². The number of hydrogen-bond acceptors (Lipinski definition) is 3. The zero-order chi connectivity index (χ0) is 14.3. The predicted molar refractivity (Wildman–Crippen MR) is 72.5 cm³/mol. The Bertz CT molecular complexity index is 810. The van der Waals surface area contributed by atoms with Crippen LogP contribution in [0.3, 0.4) is 0 Å². The first-order valence-corrected chi connectivity index (χ1v) is 6.50. The second kappa shape index (κ2) is 4.42. The summed E-state index contributed by atoms with van der Waals surface area (Å²) in [4.78, 5) is 10.4. The SMILES string of the molecule is O=C(O)C(F)(F)Oc1ccc2sc3ccccc3c2c1. The predicted octanol–water partition coefficient (Wildman–Crippen LogP) is 4.11. The Morgan fingerprint density at radius 1 is 1.10 bits per heavy atom. The lowest BCUT2D eigenvalue weighted by atomic mass is 10.1. The molecule has 102 valence electrons. The maximum Gasteiger partial charge on any atom is 0.501 e. The van der Waals surface area contributed by atoms with E-state index in [4.69, 9.17) is 5.11 Å². The van der Waals surface area contributed by atoms with Gasteiger partial charge in [-0.2, -0.15) is 8.78 Å². The number of carboxylic acid groups (broad SMARTS) is 1. The van der Waals surface area contributed by atoms with Crippen molar-refractivity contribution in [2.75, 3.05) is 0 Å². The molecule has 0 fully saturated rings. The van der Waals surface area contributed by atoms with Crippen LogP contribution in [-0.2, 0) is 4.79 Å². The van der Waals surface area contributed by atoms with Gasteiger partial charge in [0.25, 0.3) is 0 Å². The van der Waals surface area contributed by atoms with Crippen molar-refractivity contribution in [3.63, 3.8) is 0 Å². The van der Waals surface area contributed by atoms with E-state index in [1.165, 1.54) is 23.5 Å². The van der Waals surface area contributed by atoms with Crippen molar-refractivity contribution >= 4 is 37.5 Å². The van der Waals surface area contributed by atoms with Crippen molar-refractivity contribution in [1.29, 1.82) is 0 Å². The molecule has 6 heteroatoms. The number of benzene rings is 2. The lowest BCUT2D eigenvalue weighted by Gasteiger charge is -2.13. The van der Waals surface area contributed by atoms with Crippen molar-refractivity contribution in [2.45, 2.75) is 6.11 Å². The van der Waals surface area contributed by atoms with Crippen LogP contribution in [0.25, 0.3) is 20.2 Å². The summed E-state index contributed by atoms with van der Waals surface area (Å²) in [6.45, 7) is 0. The summed E-state index contributed by atoms with van der Waals surface area (Å²) in [5, 5.41) is 10.1. The third-order valence-electron chi connectivity index (χ3n) is 2.84. The van der Waals surface area contributed by atoms with Crippen LogP contribution in [0.4, 0.5) is 8.78 Å². The van der Waals surface area contributed by atoms with Crippen molar-refractivity contribution < 1.29 is 23.4 Å². The summed E-state index contributed by atoms with van der Waals surface area (Å²) in [6.07, 6.45) is -4.24. The minimum Gasteiger partial charge on any atom is -0.474 e. The molecule has 0 amide bonds. The molecule has 0 radical (unpaired) electrons. The third kappa shape index (κ3) is 2.08. The topological polar surface area (TPSA) is 46.5 Å². The summed E-state index contributed by atoms with van der Waals surface area (Å²) < 4.78 is 32.3. The molecule has 0 bridgehead atoms. The number of rotatable bonds is 3. The number of fused-ring (bicyclic) bond motifs is 3. The van der Waals surface area contributed by atoms with E-state index in [0.717, 1.165) is 20.2 Å². The highest BCUT2D eigenvalue weighted by Gasteiger charge is 2.42. The Morgan fingerprint density at radius 2 is 1.80 bits per heavy atom. The van der Waals surface area contributed by atoms with Gasteiger partial charge in [-0.05, 0) is 24.3 Å². The molecule has 1 heterocycles. The normalized spacial score (nSPS) is 11.9. The van der Waals surface area contributed by atoms with Gasteiger partial charge in [0.05, 0.1) is 0 Å². The number of hydrogen-bond donors (Lipinski definition) is 1. The number of halogens is 2. The standard InChI is InChI=1S/C14H8F2O3S/c15-14(16,13(17)18)19-8-5-6-12-10(7-8)9-3-1-2-4-11(9)20-12/h1-7H,(H,17,18). The first-order chi connectivity index (χ1) is 9.47. The average molecular weight is 294 g/mol.